The average molecular weight is 367 g/mol. The molecule has 0 atom stereocenters. The van der Waals surface area contributed by atoms with E-state index in [1.807, 2.05) is 35.0 Å². The highest BCUT2D eigenvalue weighted by molar-refractivity contribution is 5.95. The number of ether oxygens (including phenoxy) is 1. The van der Waals surface area contributed by atoms with E-state index < -0.39 is 11.5 Å². The second kappa shape index (κ2) is 7.36. The third-order valence-electron chi connectivity index (χ3n) is 4.86. The zero-order chi connectivity index (χ0) is 18.8. The van der Waals surface area contributed by atoms with Crippen molar-refractivity contribution in [3.05, 3.63) is 69.7 Å². The van der Waals surface area contributed by atoms with Crippen LogP contribution in [0.25, 0.3) is 5.65 Å². The number of nitrogens with zero attached hydrogens (tertiary/aromatic N) is 2. The predicted molar refractivity (Wildman–Crippen MR) is 98.9 cm³/mol. The third kappa shape index (κ3) is 3.64. The first-order valence-electron chi connectivity index (χ1n) is 9.05. The van der Waals surface area contributed by atoms with Crippen LogP contribution in [0.4, 0.5) is 0 Å². The van der Waals surface area contributed by atoms with E-state index in [4.69, 9.17) is 9.15 Å². The molecule has 0 aliphatic carbocycles. The number of aromatic nitrogens is 2. The van der Waals surface area contributed by atoms with E-state index in [2.05, 4.69) is 10.3 Å². The highest BCUT2D eigenvalue weighted by Gasteiger charge is 2.22. The zero-order valence-electron chi connectivity index (χ0n) is 15.1. The van der Waals surface area contributed by atoms with E-state index in [9.17, 15) is 9.59 Å². The van der Waals surface area contributed by atoms with Crippen molar-refractivity contribution >= 4 is 11.6 Å². The van der Waals surface area contributed by atoms with Gasteiger partial charge in [0.1, 0.15) is 17.0 Å². The van der Waals surface area contributed by atoms with E-state index in [1.165, 1.54) is 0 Å². The Morgan fingerprint density at radius 2 is 2.15 bits per heavy atom. The van der Waals surface area contributed by atoms with Crippen LogP contribution in [0, 0.1) is 6.92 Å². The fraction of sp³-hybridized carbons (Fsp3) is 0.350. The largest absolute Gasteiger partial charge is 0.427 e. The number of hydrogen-bond donors (Lipinski definition) is 1. The molecule has 1 aliphatic rings. The molecule has 0 bridgehead atoms. The summed E-state index contributed by atoms with van der Waals surface area (Å²) in [6, 6.07) is 7.50. The Hall–Kier alpha value is -2.93. The van der Waals surface area contributed by atoms with Gasteiger partial charge in [-0.1, -0.05) is 6.07 Å². The second-order valence-electron chi connectivity index (χ2n) is 6.76. The molecule has 0 unspecified atom stereocenters. The minimum Gasteiger partial charge on any atom is -0.427 e. The van der Waals surface area contributed by atoms with Gasteiger partial charge < -0.3 is 18.9 Å². The van der Waals surface area contributed by atoms with Gasteiger partial charge in [0.25, 0.3) is 5.91 Å². The Kier molecular flexibility index (Phi) is 4.77. The molecular weight excluding hydrogens is 346 g/mol. The summed E-state index contributed by atoms with van der Waals surface area (Å²) in [7, 11) is 0. The summed E-state index contributed by atoms with van der Waals surface area (Å²) in [4.78, 5) is 29.4. The van der Waals surface area contributed by atoms with Crippen molar-refractivity contribution < 1.29 is 13.9 Å². The van der Waals surface area contributed by atoms with Crippen molar-refractivity contribution in [1.82, 2.24) is 14.7 Å². The van der Waals surface area contributed by atoms with Gasteiger partial charge in [0, 0.05) is 31.5 Å². The number of imidazole rings is 1. The smallest absolute Gasteiger partial charge is 0.349 e. The van der Waals surface area contributed by atoms with Crippen molar-refractivity contribution in [3.63, 3.8) is 0 Å². The summed E-state index contributed by atoms with van der Waals surface area (Å²) in [6.45, 7) is 3.32. The van der Waals surface area contributed by atoms with Crippen LogP contribution < -0.4 is 10.9 Å². The third-order valence-corrected chi connectivity index (χ3v) is 4.86. The molecule has 0 radical (unpaired) electrons. The van der Waals surface area contributed by atoms with Crippen molar-refractivity contribution in [3.8, 4) is 0 Å². The molecule has 3 aromatic rings. The normalized spacial score (nSPS) is 15.1. The molecule has 7 nitrogen and oxygen atoms in total. The van der Waals surface area contributed by atoms with Crippen LogP contribution in [0.5, 0.6) is 0 Å². The first-order chi connectivity index (χ1) is 13.1. The highest BCUT2D eigenvalue weighted by atomic mass is 16.5. The Labute approximate surface area is 156 Å². The quantitative estimate of drug-likeness (QED) is 0.765. The van der Waals surface area contributed by atoms with Crippen molar-refractivity contribution in [2.45, 2.75) is 32.2 Å². The lowest BCUT2D eigenvalue weighted by Gasteiger charge is -2.21. The zero-order valence-corrected chi connectivity index (χ0v) is 15.1. The van der Waals surface area contributed by atoms with Gasteiger partial charge in [-0.2, -0.15) is 0 Å². The van der Waals surface area contributed by atoms with Crippen LogP contribution in [0.15, 0.2) is 45.9 Å². The van der Waals surface area contributed by atoms with Gasteiger partial charge in [0.2, 0.25) is 0 Å². The molecule has 1 aliphatic heterocycles. The Balaban J connectivity index is 1.50. The lowest BCUT2D eigenvalue weighted by molar-refractivity contribution is 0.0795. The molecular formula is C20H21N3O4. The van der Waals surface area contributed by atoms with Crippen molar-refractivity contribution in [2.75, 3.05) is 13.2 Å². The van der Waals surface area contributed by atoms with E-state index in [0.29, 0.717) is 24.5 Å². The summed E-state index contributed by atoms with van der Waals surface area (Å²) in [5.74, 6) is 0.356. The number of amides is 1. The van der Waals surface area contributed by atoms with Gasteiger partial charge >= 0.3 is 5.63 Å². The Morgan fingerprint density at radius 3 is 2.89 bits per heavy atom. The van der Waals surface area contributed by atoms with Gasteiger partial charge in [-0.15, -0.1) is 0 Å². The van der Waals surface area contributed by atoms with E-state index in [0.717, 1.165) is 24.2 Å². The lowest BCUT2D eigenvalue weighted by atomic mass is 9.95. The highest BCUT2D eigenvalue weighted by Crippen LogP contribution is 2.27. The number of carbonyl (C=O) groups is 1. The maximum absolute atomic E-state index is 12.5. The number of rotatable bonds is 4. The molecule has 0 spiro atoms. The van der Waals surface area contributed by atoms with Crippen LogP contribution >= 0.6 is 0 Å². The second-order valence-corrected chi connectivity index (χ2v) is 6.76. The van der Waals surface area contributed by atoms with Crippen LogP contribution in [-0.4, -0.2) is 28.5 Å². The number of nitrogens with one attached hydrogen (secondary N) is 1. The van der Waals surface area contributed by atoms with Crippen molar-refractivity contribution in [2.24, 2.45) is 0 Å². The van der Waals surface area contributed by atoms with Gasteiger partial charge in [0.05, 0.1) is 12.2 Å². The van der Waals surface area contributed by atoms with Crippen LogP contribution in [0.1, 0.15) is 46.1 Å². The monoisotopic (exact) mass is 367 g/mol. The van der Waals surface area contributed by atoms with Gasteiger partial charge in [0.15, 0.2) is 0 Å². The number of aryl methyl sites for hydroxylation is 1. The van der Waals surface area contributed by atoms with Gasteiger partial charge in [-0.25, -0.2) is 9.78 Å². The molecule has 3 aromatic heterocycles. The minimum atomic E-state index is -0.594. The van der Waals surface area contributed by atoms with Crippen molar-refractivity contribution in [1.29, 1.82) is 0 Å². The maximum atomic E-state index is 12.5. The SMILES string of the molecule is Cc1cc(C2CCOCC2)oc(=O)c1C(=O)NCc1cn2ccccc2n1. The molecule has 0 saturated carbocycles. The minimum absolute atomic E-state index is 0.0505. The molecule has 0 aromatic carbocycles. The predicted octanol–water partition coefficient (Wildman–Crippen LogP) is 2.42. The average Bonchev–Trinajstić information content (AvgIpc) is 3.09. The standard InChI is InChI=1S/C20H21N3O4/c1-13-10-16(14-5-8-26-9-6-14)27-20(25)18(13)19(24)21-11-15-12-23-7-3-2-4-17(23)22-15/h2-4,7,10,12,14H,5-6,8-9,11H2,1H3,(H,21,24). The molecule has 1 fully saturated rings. The summed E-state index contributed by atoms with van der Waals surface area (Å²) in [5.41, 5.74) is 1.60. The molecule has 27 heavy (non-hydrogen) atoms. The lowest BCUT2D eigenvalue weighted by Crippen LogP contribution is -2.29. The summed E-state index contributed by atoms with van der Waals surface area (Å²) in [5, 5.41) is 2.76. The van der Waals surface area contributed by atoms with Gasteiger partial charge in [-0.3, -0.25) is 4.79 Å². The molecule has 140 valence electrons. The Morgan fingerprint density at radius 1 is 1.33 bits per heavy atom. The summed E-state index contributed by atoms with van der Waals surface area (Å²) < 4.78 is 12.7. The summed E-state index contributed by atoms with van der Waals surface area (Å²) >= 11 is 0. The van der Waals surface area contributed by atoms with Crippen LogP contribution in [-0.2, 0) is 11.3 Å². The summed E-state index contributed by atoms with van der Waals surface area (Å²) in [6.07, 6.45) is 5.38. The van der Waals surface area contributed by atoms with Crippen LogP contribution in [0.2, 0.25) is 0 Å². The van der Waals surface area contributed by atoms with E-state index >= 15 is 0 Å². The number of carbonyl (C=O) groups excluding carboxylic acids is 1. The van der Waals surface area contributed by atoms with Crippen LogP contribution in [0.3, 0.4) is 0 Å². The van der Waals surface area contributed by atoms with Gasteiger partial charge in [-0.05, 0) is 43.5 Å². The first-order valence-corrected chi connectivity index (χ1v) is 9.05. The Bertz CT molecular complexity index is 998. The molecule has 1 saturated heterocycles. The molecule has 7 heteroatoms. The number of hydrogen-bond acceptors (Lipinski definition) is 5. The fourth-order valence-electron chi connectivity index (χ4n) is 3.42. The van der Waals surface area contributed by atoms with E-state index in [-0.39, 0.29) is 18.0 Å². The maximum Gasteiger partial charge on any atom is 0.349 e. The molecule has 4 rings (SSSR count). The first kappa shape index (κ1) is 17.5. The molecule has 4 heterocycles. The molecule has 1 N–H and O–H groups in total. The number of pyridine rings is 1. The number of fused-ring (bicyclic) bond motifs is 1. The fourth-order valence-corrected chi connectivity index (χ4v) is 3.42. The topological polar surface area (TPSA) is 85.8 Å². The van der Waals surface area contributed by atoms with E-state index in [1.54, 1.807) is 13.0 Å². The molecule has 1 amide bonds.